The number of aryl methyl sites for hydroxylation is 1. The van der Waals surface area contributed by atoms with Gasteiger partial charge < -0.3 is 5.21 Å². The van der Waals surface area contributed by atoms with E-state index in [1.165, 1.54) is 6.21 Å². The van der Waals surface area contributed by atoms with Crippen molar-refractivity contribution in [2.45, 2.75) is 6.92 Å². The molecule has 1 rings (SSSR count). The van der Waals surface area contributed by atoms with Crippen LogP contribution in [0.15, 0.2) is 15.8 Å². The molecule has 11 heavy (non-hydrogen) atoms. The van der Waals surface area contributed by atoms with Crippen molar-refractivity contribution in [1.82, 2.24) is 9.97 Å². The van der Waals surface area contributed by atoms with Crippen LogP contribution in [0.25, 0.3) is 0 Å². The highest BCUT2D eigenvalue weighted by Gasteiger charge is 1.95. The molecule has 1 aromatic heterocycles. The Labute approximate surface area is 72.1 Å². The fraction of sp³-hybridized carbons (Fsp3) is 0.167. The van der Waals surface area contributed by atoms with E-state index in [1.54, 1.807) is 13.0 Å². The monoisotopic (exact) mass is 215 g/mol. The summed E-state index contributed by atoms with van der Waals surface area (Å²) in [5.41, 5.74) is 0.576. The van der Waals surface area contributed by atoms with E-state index in [-0.39, 0.29) is 0 Å². The lowest BCUT2D eigenvalue weighted by Gasteiger charge is -1.94. The van der Waals surface area contributed by atoms with E-state index in [9.17, 15) is 0 Å². The summed E-state index contributed by atoms with van der Waals surface area (Å²) in [5.74, 6) is 0.634. The molecule has 0 aromatic carbocycles. The lowest BCUT2D eigenvalue weighted by atomic mass is 10.4. The van der Waals surface area contributed by atoms with E-state index in [0.29, 0.717) is 16.1 Å². The molecule has 4 nitrogen and oxygen atoms in total. The first-order chi connectivity index (χ1) is 5.22. The first-order valence-corrected chi connectivity index (χ1v) is 3.70. The van der Waals surface area contributed by atoms with Crippen LogP contribution >= 0.6 is 15.9 Å². The van der Waals surface area contributed by atoms with E-state index in [2.05, 4.69) is 31.1 Å². The Hall–Kier alpha value is -0.970. The number of hydrogen-bond donors (Lipinski definition) is 1. The molecule has 0 aliphatic carbocycles. The third-order valence-corrected chi connectivity index (χ3v) is 1.42. The second-order valence-corrected chi connectivity index (χ2v) is 2.72. The van der Waals surface area contributed by atoms with Gasteiger partial charge in [0, 0.05) is 0 Å². The Bertz CT molecular complexity index is 267. The second kappa shape index (κ2) is 3.43. The molecule has 0 saturated carbocycles. The van der Waals surface area contributed by atoms with Crippen LogP contribution in [0.4, 0.5) is 0 Å². The van der Waals surface area contributed by atoms with Crippen molar-refractivity contribution in [3.8, 4) is 0 Å². The van der Waals surface area contributed by atoms with Crippen LogP contribution in [0, 0.1) is 6.92 Å². The first kappa shape index (κ1) is 8.13. The number of oxime groups is 1. The number of hydrogen-bond acceptors (Lipinski definition) is 4. The van der Waals surface area contributed by atoms with Crippen LogP contribution < -0.4 is 0 Å². The summed E-state index contributed by atoms with van der Waals surface area (Å²) >= 11 is 3.19. The Kier molecular flexibility index (Phi) is 2.53. The molecule has 0 aliphatic heterocycles. The summed E-state index contributed by atoms with van der Waals surface area (Å²) in [4.78, 5) is 7.95. The highest BCUT2D eigenvalue weighted by atomic mass is 79.9. The average Bonchev–Trinajstić information content (AvgIpc) is 1.85. The molecule has 0 spiro atoms. The van der Waals surface area contributed by atoms with E-state index < -0.39 is 0 Å². The average molecular weight is 216 g/mol. The fourth-order valence-electron chi connectivity index (χ4n) is 0.678. The molecule has 0 fully saturated rings. The van der Waals surface area contributed by atoms with Gasteiger partial charge in [0.2, 0.25) is 0 Å². The molecule has 0 saturated heterocycles. The van der Waals surface area contributed by atoms with Gasteiger partial charge in [-0.05, 0) is 28.9 Å². The van der Waals surface area contributed by atoms with Crippen LogP contribution in [0.3, 0.4) is 0 Å². The van der Waals surface area contributed by atoms with Crippen LogP contribution in [-0.4, -0.2) is 21.4 Å². The molecule has 1 heterocycles. The number of aromatic nitrogens is 2. The van der Waals surface area contributed by atoms with Gasteiger partial charge in [-0.1, -0.05) is 5.16 Å². The smallest absolute Gasteiger partial charge is 0.127 e. The van der Waals surface area contributed by atoms with Gasteiger partial charge in [-0.25, -0.2) is 9.97 Å². The molecule has 0 bridgehead atoms. The van der Waals surface area contributed by atoms with E-state index in [4.69, 9.17) is 5.21 Å². The lowest BCUT2D eigenvalue weighted by molar-refractivity contribution is 0.321. The van der Waals surface area contributed by atoms with E-state index in [0.717, 1.165) is 0 Å². The molecule has 58 valence electrons. The molecule has 0 radical (unpaired) electrons. The zero-order valence-electron chi connectivity index (χ0n) is 5.82. The number of rotatable bonds is 1. The highest BCUT2D eigenvalue weighted by Crippen LogP contribution is 2.05. The van der Waals surface area contributed by atoms with Crippen LogP contribution in [0.5, 0.6) is 0 Å². The van der Waals surface area contributed by atoms with Crippen molar-refractivity contribution < 1.29 is 5.21 Å². The maximum Gasteiger partial charge on any atom is 0.127 e. The van der Waals surface area contributed by atoms with Gasteiger partial charge in [-0.3, -0.25) is 0 Å². The molecule has 0 aliphatic rings. The van der Waals surface area contributed by atoms with Gasteiger partial charge in [-0.2, -0.15) is 0 Å². The van der Waals surface area contributed by atoms with Gasteiger partial charge in [-0.15, -0.1) is 0 Å². The summed E-state index contributed by atoms with van der Waals surface area (Å²) in [6, 6.07) is 1.66. The SMILES string of the molecule is Cc1nc(Br)cc(C=NO)n1. The Morgan fingerprint density at radius 3 is 2.91 bits per heavy atom. The van der Waals surface area contributed by atoms with Crippen LogP contribution in [0.1, 0.15) is 11.5 Å². The zero-order chi connectivity index (χ0) is 8.27. The minimum Gasteiger partial charge on any atom is -0.411 e. The second-order valence-electron chi connectivity index (χ2n) is 1.91. The predicted octanol–water partition coefficient (Wildman–Crippen LogP) is 1.36. The lowest BCUT2D eigenvalue weighted by Crippen LogP contribution is -1.94. The summed E-state index contributed by atoms with van der Waals surface area (Å²) in [7, 11) is 0. The molecule has 1 N–H and O–H groups in total. The van der Waals surface area contributed by atoms with Gasteiger partial charge in [0.15, 0.2) is 0 Å². The maximum absolute atomic E-state index is 8.20. The quantitative estimate of drug-likeness (QED) is 0.333. The van der Waals surface area contributed by atoms with Gasteiger partial charge in [0.1, 0.15) is 10.4 Å². The summed E-state index contributed by atoms with van der Waals surface area (Å²) in [6.07, 6.45) is 1.25. The topological polar surface area (TPSA) is 58.4 Å². The normalized spacial score (nSPS) is 10.7. The van der Waals surface area contributed by atoms with Crippen molar-refractivity contribution in [3.63, 3.8) is 0 Å². The predicted molar refractivity (Wildman–Crippen MR) is 43.8 cm³/mol. The van der Waals surface area contributed by atoms with Crippen molar-refractivity contribution in [2.24, 2.45) is 5.16 Å². The Morgan fingerprint density at radius 1 is 1.64 bits per heavy atom. The maximum atomic E-state index is 8.20. The zero-order valence-corrected chi connectivity index (χ0v) is 7.41. The molecular weight excluding hydrogens is 210 g/mol. The largest absolute Gasteiger partial charge is 0.411 e. The van der Waals surface area contributed by atoms with Crippen LogP contribution in [-0.2, 0) is 0 Å². The van der Waals surface area contributed by atoms with Gasteiger partial charge >= 0.3 is 0 Å². The van der Waals surface area contributed by atoms with E-state index in [1.807, 2.05) is 0 Å². The van der Waals surface area contributed by atoms with E-state index >= 15 is 0 Å². The molecule has 0 atom stereocenters. The van der Waals surface area contributed by atoms with Gasteiger partial charge in [0.25, 0.3) is 0 Å². The third-order valence-electron chi connectivity index (χ3n) is 1.02. The van der Waals surface area contributed by atoms with Gasteiger partial charge in [0.05, 0.1) is 11.9 Å². The minimum atomic E-state index is 0.576. The van der Waals surface area contributed by atoms with Crippen molar-refractivity contribution in [2.75, 3.05) is 0 Å². The highest BCUT2D eigenvalue weighted by molar-refractivity contribution is 9.10. The first-order valence-electron chi connectivity index (χ1n) is 2.91. The molecule has 5 heteroatoms. The molecular formula is C6H6BrN3O. The number of nitrogens with zero attached hydrogens (tertiary/aromatic N) is 3. The Morgan fingerprint density at radius 2 is 2.36 bits per heavy atom. The van der Waals surface area contributed by atoms with Crippen molar-refractivity contribution in [3.05, 3.63) is 22.2 Å². The molecule has 0 unspecified atom stereocenters. The summed E-state index contributed by atoms with van der Waals surface area (Å²) in [6.45, 7) is 1.76. The summed E-state index contributed by atoms with van der Waals surface area (Å²) < 4.78 is 0.680. The third kappa shape index (κ3) is 2.27. The molecule has 1 aromatic rings. The van der Waals surface area contributed by atoms with Crippen LogP contribution in [0.2, 0.25) is 0 Å². The Balaban J connectivity index is 3.08. The minimum absolute atomic E-state index is 0.576. The van der Waals surface area contributed by atoms with Crippen molar-refractivity contribution >= 4 is 22.1 Å². The molecule has 0 amide bonds. The fourth-order valence-corrected chi connectivity index (χ4v) is 1.17. The number of halogens is 1. The van der Waals surface area contributed by atoms with Crippen molar-refractivity contribution in [1.29, 1.82) is 0 Å². The standard InChI is InChI=1S/C6H6BrN3O/c1-4-9-5(3-8-11)2-6(7)10-4/h2-3,11H,1H3. The summed E-state index contributed by atoms with van der Waals surface area (Å²) in [5, 5.41) is 11.0.